The lowest BCUT2D eigenvalue weighted by Crippen LogP contribution is -2.05. The minimum Gasteiger partial charge on any atom is -0.306 e. The van der Waals surface area contributed by atoms with Gasteiger partial charge in [-0.2, -0.15) is 0 Å². The highest BCUT2D eigenvalue weighted by Crippen LogP contribution is 2.44. The van der Waals surface area contributed by atoms with Gasteiger partial charge in [0, 0.05) is 67.2 Å². The first-order valence-corrected chi connectivity index (χ1v) is 25.5. The van der Waals surface area contributed by atoms with E-state index in [-0.39, 0.29) is 0 Å². The Morgan fingerprint density at radius 2 is 0.711 bits per heavy atom. The summed E-state index contributed by atoms with van der Waals surface area (Å²) in [6, 6.07) is 83.3. The number of fused-ring (bicyclic) bond motifs is 12. The summed E-state index contributed by atoms with van der Waals surface area (Å²) in [5, 5.41) is 6.60. The molecule has 7 aromatic heterocycles. The van der Waals surface area contributed by atoms with Crippen molar-refractivity contribution in [1.82, 2.24) is 43.2 Å². The van der Waals surface area contributed by atoms with Crippen LogP contribution >= 0.6 is 0 Å². The predicted octanol–water partition coefficient (Wildman–Crippen LogP) is 16.1. The zero-order valence-electron chi connectivity index (χ0n) is 40.7. The van der Waals surface area contributed by atoms with Crippen molar-refractivity contribution < 1.29 is 0 Å². The van der Waals surface area contributed by atoms with E-state index in [1.54, 1.807) is 0 Å². The Labute approximate surface area is 434 Å². The molecule has 0 bridgehead atoms. The molecule has 0 N–H and O–H groups in total. The first-order valence-electron chi connectivity index (χ1n) is 25.5. The average Bonchev–Trinajstić information content (AvgIpc) is 4.25. The lowest BCUT2D eigenvalue weighted by molar-refractivity contribution is 1.01. The van der Waals surface area contributed by atoms with Crippen LogP contribution < -0.4 is 0 Å². The molecule has 9 heteroatoms. The topological polar surface area (TPSA) is 84.2 Å². The molecule has 9 aromatic carbocycles. The largest absolute Gasteiger partial charge is 0.306 e. The number of para-hydroxylation sites is 6. The third kappa shape index (κ3) is 6.17. The van der Waals surface area contributed by atoms with Crippen LogP contribution in [-0.4, -0.2) is 43.2 Å². The van der Waals surface area contributed by atoms with Crippen LogP contribution in [0.1, 0.15) is 0 Å². The van der Waals surface area contributed by atoms with E-state index < -0.39 is 0 Å². The SMILES string of the molecule is c1ccc(-c2nc(-n3c4ccccc4c4c(-c5ccc6c7nc(-n8c9ccccc9c9ccccc98)nc(-c8ccncc8)c7n(-c7ccccc7)c6c5)cccc43)nc3c4ccccc4n(-c4ccccc4)c23)cc1. The van der Waals surface area contributed by atoms with Gasteiger partial charge in [0.1, 0.15) is 22.4 Å². The zero-order chi connectivity index (χ0) is 49.8. The molecule has 354 valence electrons. The van der Waals surface area contributed by atoms with Gasteiger partial charge in [-0.25, -0.2) is 19.9 Å². The molecular formula is C67H41N9. The minimum atomic E-state index is 0.603. The number of hydrogen-bond acceptors (Lipinski definition) is 5. The van der Waals surface area contributed by atoms with Crippen LogP contribution in [0.5, 0.6) is 0 Å². The molecule has 0 radical (unpaired) electrons. The third-order valence-electron chi connectivity index (χ3n) is 15.1. The van der Waals surface area contributed by atoms with E-state index in [4.69, 9.17) is 19.9 Å². The fourth-order valence-electron chi connectivity index (χ4n) is 11.9. The Kier molecular flexibility index (Phi) is 9.13. The van der Waals surface area contributed by atoms with E-state index in [2.05, 4.69) is 248 Å². The Morgan fingerprint density at radius 3 is 1.30 bits per heavy atom. The van der Waals surface area contributed by atoms with Crippen molar-refractivity contribution in [2.24, 2.45) is 0 Å². The summed E-state index contributed by atoms with van der Waals surface area (Å²) in [6.07, 6.45) is 3.67. The van der Waals surface area contributed by atoms with E-state index >= 15 is 0 Å². The molecule has 16 aromatic rings. The van der Waals surface area contributed by atoms with Gasteiger partial charge in [-0.05, 0) is 90.0 Å². The van der Waals surface area contributed by atoms with Gasteiger partial charge in [-0.15, -0.1) is 0 Å². The maximum Gasteiger partial charge on any atom is 0.235 e. The Balaban J connectivity index is 0.967. The smallest absolute Gasteiger partial charge is 0.235 e. The molecule has 0 aliphatic heterocycles. The van der Waals surface area contributed by atoms with Crippen molar-refractivity contribution in [3.63, 3.8) is 0 Å². The molecule has 0 amide bonds. The first kappa shape index (κ1) is 42.0. The van der Waals surface area contributed by atoms with Crippen LogP contribution in [-0.2, 0) is 0 Å². The second-order valence-electron chi connectivity index (χ2n) is 19.3. The number of aromatic nitrogens is 9. The van der Waals surface area contributed by atoms with E-state index in [0.717, 1.165) is 133 Å². The van der Waals surface area contributed by atoms with Crippen LogP contribution in [0.2, 0.25) is 0 Å². The normalized spacial score (nSPS) is 11.9. The third-order valence-corrected chi connectivity index (χ3v) is 15.1. The van der Waals surface area contributed by atoms with Crippen LogP contribution in [0.3, 0.4) is 0 Å². The predicted molar refractivity (Wildman–Crippen MR) is 309 cm³/mol. The molecule has 0 saturated carbocycles. The quantitative estimate of drug-likeness (QED) is 0.159. The van der Waals surface area contributed by atoms with Gasteiger partial charge in [0.25, 0.3) is 0 Å². The molecule has 9 nitrogen and oxygen atoms in total. The van der Waals surface area contributed by atoms with Crippen molar-refractivity contribution >= 4 is 87.5 Å². The molecule has 76 heavy (non-hydrogen) atoms. The first-order chi connectivity index (χ1) is 37.7. The van der Waals surface area contributed by atoms with Gasteiger partial charge < -0.3 is 9.13 Å². The maximum absolute atomic E-state index is 5.61. The summed E-state index contributed by atoms with van der Waals surface area (Å²) in [5.41, 5.74) is 17.7. The Morgan fingerprint density at radius 1 is 0.276 bits per heavy atom. The summed E-state index contributed by atoms with van der Waals surface area (Å²) in [6.45, 7) is 0. The zero-order valence-corrected chi connectivity index (χ0v) is 40.7. The summed E-state index contributed by atoms with van der Waals surface area (Å²) in [5.74, 6) is 1.21. The maximum atomic E-state index is 5.61. The van der Waals surface area contributed by atoms with Crippen molar-refractivity contribution in [3.8, 4) is 56.9 Å². The molecule has 16 rings (SSSR count). The van der Waals surface area contributed by atoms with E-state index in [1.807, 2.05) is 24.5 Å². The van der Waals surface area contributed by atoms with Crippen molar-refractivity contribution in [1.29, 1.82) is 0 Å². The second-order valence-corrected chi connectivity index (χ2v) is 19.3. The molecular weight excluding hydrogens is 931 g/mol. The molecule has 0 aliphatic rings. The molecule has 0 fully saturated rings. The van der Waals surface area contributed by atoms with E-state index in [1.165, 1.54) is 0 Å². The molecule has 0 saturated heterocycles. The fraction of sp³-hybridized carbons (Fsp3) is 0. The molecule has 0 spiro atoms. The van der Waals surface area contributed by atoms with Crippen molar-refractivity contribution in [2.45, 2.75) is 0 Å². The summed E-state index contributed by atoms with van der Waals surface area (Å²) >= 11 is 0. The summed E-state index contributed by atoms with van der Waals surface area (Å²) in [7, 11) is 0. The van der Waals surface area contributed by atoms with Crippen LogP contribution in [0, 0.1) is 0 Å². The lowest BCUT2D eigenvalue weighted by Gasteiger charge is -2.14. The van der Waals surface area contributed by atoms with Gasteiger partial charge in [0.15, 0.2) is 0 Å². The van der Waals surface area contributed by atoms with Gasteiger partial charge in [-0.3, -0.25) is 14.1 Å². The lowest BCUT2D eigenvalue weighted by atomic mass is 9.98. The summed E-state index contributed by atoms with van der Waals surface area (Å²) < 4.78 is 9.10. The van der Waals surface area contributed by atoms with Gasteiger partial charge in [0.05, 0.1) is 44.1 Å². The number of nitrogens with zero attached hydrogens (tertiary/aromatic N) is 9. The Hall–Kier alpha value is -10.5. The minimum absolute atomic E-state index is 0.603. The standard InChI is InChI=1S/C67H41N9/c1-4-19-42(20-5-1)60-64-62(51-28-13-17-33-56(51)73(64)45-21-6-2-7-22-45)71-67(69-60)76-55-32-16-12-27-50(55)59-47(29-18-34-57(59)76)44-35-36-52-58(41-44)74(46-23-8-3-9-24-46)65-61(43-37-39-68-40-38-43)70-66(72-63(52)65)75-53-30-14-10-25-48(53)49-26-11-15-31-54(49)75/h1-41H. The van der Waals surface area contributed by atoms with E-state index in [9.17, 15) is 0 Å². The molecule has 0 unspecified atom stereocenters. The highest BCUT2D eigenvalue weighted by Gasteiger charge is 2.26. The van der Waals surface area contributed by atoms with Gasteiger partial charge >= 0.3 is 0 Å². The Bertz CT molecular complexity index is 4920. The van der Waals surface area contributed by atoms with Gasteiger partial charge in [0.2, 0.25) is 11.9 Å². The van der Waals surface area contributed by atoms with Crippen molar-refractivity contribution in [2.75, 3.05) is 0 Å². The highest BCUT2D eigenvalue weighted by atomic mass is 15.2. The van der Waals surface area contributed by atoms with E-state index in [0.29, 0.717) is 11.9 Å². The van der Waals surface area contributed by atoms with Crippen LogP contribution in [0.4, 0.5) is 0 Å². The molecule has 0 atom stereocenters. The number of rotatable bonds is 7. The number of benzene rings is 9. The molecule has 0 aliphatic carbocycles. The summed E-state index contributed by atoms with van der Waals surface area (Å²) in [4.78, 5) is 26.8. The van der Waals surface area contributed by atoms with Crippen molar-refractivity contribution in [3.05, 3.63) is 249 Å². The monoisotopic (exact) mass is 971 g/mol. The van der Waals surface area contributed by atoms with Gasteiger partial charge in [-0.1, -0.05) is 158 Å². The highest BCUT2D eigenvalue weighted by molar-refractivity contribution is 6.18. The number of hydrogen-bond donors (Lipinski definition) is 0. The fourth-order valence-corrected chi connectivity index (χ4v) is 11.9. The number of pyridine rings is 1. The van der Waals surface area contributed by atoms with Crippen LogP contribution in [0.25, 0.3) is 144 Å². The van der Waals surface area contributed by atoms with Crippen LogP contribution in [0.15, 0.2) is 249 Å². The molecule has 7 heterocycles. The average molecular weight is 972 g/mol. The second kappa shape index (κ2) is 16.5.